The molecule has 2 amide bonds. The number of carbonyl (C=O) groups excluding carboxylic acids is 2. The average Bonchev–Trinajstić information content (AvgIpc) is 2.78. The van der Waals surface area contributed by atoms with Crippen LogP contribution < -0.4 is 14.4 Å². The zero-order valence-electron chi connectivity index (χ0n) is 21.0. The van der Waals surface area contributed by atoms with E-state index < -0.39 is 28.5 Å². The number of rotatable bonds is 11. The molecule has 2 aromatic rings. The van der Waals surface area contributed by atoms with Gasteiger partial charge < -0.3 is 15.0 Å². The minimum atomic E-state index is -3.85. The lowest BCUT2D eigenvalue weighted by molar-refractivity contribution is -0.139. The highest BCUT2D eigenvalue weighted by Gasteiger charge is 2.31. The second-order valence-electron chi connectivity index (χ2n) is 8.91. The predicted molar refractivity (Wildman–Crippen MR) is 142 cm³/mol. The number of nitrogens with one attached hydrogen (secondary N) is 1. The number of ether oxygens (including phenoxy) is 1. The number of halogens is 1. The zero-order chi connectivity index (χ0) is 26.3. The largest absolute Gasteiger partial charge is 0.495 e. The second-order valence-corrected chi connectivity index (χ2v) is 11.7. The standard InChI is InChI=1S/C25H34BrN3O5S/c1-17(2)14-27-25(31)19(4)28(15-20-8-7-9-21(26)13-20)24(30)16-29(35(6,32)33)22-12-18(3)10-11-23(22)34-5/h7-13,17,19H,14-16H2,1-6H3,(H,27,31)/t19-/m1/s1. The highest BCUT2D eigenvalue weighted by Crippen LogP contribution is 2.31. The quantitative estimate of drug-likeness (QED) is 0.446. The molecule has 0 saturated heterocycles. The third-order valence-electron chi connectivity index (χ3n) is 5.38. The van der Waals surface area contributed by atoms with Crippen LogP contribution in [0.1, 0.15) is 31.9 Å². The fourth-order valence-electron chi connectivity index (χ4n) is 3.46. The van der Waals surface area contributed by atoms with Gasteiger partial charge in [-0.15, -0.1) is 0 Å². The van der Waals surface area contributed by atoms with E-state index in [0.29, 0.717) is 12.3 Å². The minimum absolute atomic E-state index is 0.136. The Morgan fingerprint density at radius 3 is 2.37 bits per heavy atom. The zero-order valence-corrected chi connectivity index (χ0v) is 23.4. The summed E-state index contributed by atoms with van der Waals surface area (Å²) in [6, 6.07) is 11.7. The number of benzene rings is 2. The molecule has 192 valence electrons. The fourth-order valence-corrected chi connectivity index (χ4v) is 4.75. The normalized spacial score (nSPS) is 12.2. The van der Waals surface area contributed by atoms with Gasteiger partial charge in [-0.25, -0.2) is 8.42 Å². The first kappa shape index (κ1) is 28.6. The van der Waals surface area contributed by atoms with Gasteiger partial charge in [0, 0.05) is 17.6 Å². The Morgan fingerprint density at radius 1 is 1.11 bits per heavy atom. The molecule has 2 aromatic carbocycles. The van der Waals surface area contributed by atoms with Gasteiger partial charge in [-0.2, -0.15) is 0 Å². The van der Waals surface area contributed by atoms with E-state index in [0.717, 1.165) is 26.2 Å². The van der Waals surface area contributed by atoms with Crippen molar-refractivity contribution >= 4 is 43.5 Å². The lowest BCUT2D eigenvalue weighted by Crippen LogP contribution is -2.51. The van der Waals surface area contributed by atoms with Crippen LogP contribution in [0.4, 0.5) is 5.69 Å². The molecular weight excluding hydrogens is 534 g/mol. The smallest absolute Gasteiger partial charge is 0.244 e. The number of methoxy groups -OCH3 is 1. The summed E-state index contributed by atoms with van der Waals surface area (Å²) in [6.45, 7) is 7.56. The van der Waals surface area contributed by atoms with E-state index in [-0.39, 0.29) is 24.1 Å². The highest BCUT2D eigenvalue weighted by molar-refractivity contribution is 9.10. The van der Waals surface area contributed by atoms with E-state index in [4.69, 9.17) is 4.74 Å². The van der Waals surface area contributed by atoms with Crippen LogP contribution in [-0.2, 0) is 26.2 Å². The van der Waals surface area contributed by atoms with E-state index in [1.54, 1.807) is 25.1 Å². The first-order chi connectivity index (χ1) is 16.3. The Labute approximate surface area is 216 Å². The number of amides is 2. The molecule has 1 atom stereocenters. The van der Waals surface area contributed by atoms with Crippen molar-refractivity contribution in [2.24, 2.45) is 5.92 Å². The van der Waals surface area contributed by atoms with E-state index in [1.165, 1.54) is 12.0 Å². The Kier molecular flexibility index (Phi) is 10.1. The van der Waals surface area contributed by atoms with Gasteiger partial charge in [-0.05, 0) is 55.2 Å². The third kappa shape index (κ3) is 8.24. The predicted octanol–water partition coefficient (Wildman–Crippen LogP) is 3.72. The number of aryl methyl sites for hydroxylation is 1. The molecule has 0 bridgehead atoms. The number of nitrogens with zero attached hydrogens (tertiary/aromatic N) is 2. The van der Waals surface area contributed by atoms with Crippen molar-refractivity contribution in [2.45, 2.75) is 40.3 Å². The monoisotopic (exact) mass is 567 g/mol. The third-order valence-corrected chi connectivity index (χ3v) is 7.00. The molecule has 8 nitrogen and oxygen atoms in total. The van der Waals surface area contributed by atoms with Crippen molar-refractivity contribution < 1.29 is 22.7 Å². The fraction of sp³-hybridized carbons (Fsp3) is 0.440. The van der Waals surface area contributed by atoms with Gasteiger partial charge in [-0.1, -0.05) is 48.0 Å². The van der Waals surface area contributed by atoms with Gasteiger partial charge in [0.1, 0.15) is 18.3 Å². The summed E-state index contributed by atoms with van der Waals surface area (Å²) in [5.41, 5.74) is 1.88. The van der Waals surface area contributed by atoms with Gasteiger partial charge in [-0.3, -0.25) is 13.9 Å². The summed E-state index contributed by atoms with van der Waals surface area (Å²) in [5.74, 6) is -0.239. The Balaban J connectivity index is 2.44. The van der Waals surface area contributed by atoms with Crippen LogP contribution in [0.15, 0.2) is 46.9 Å². The van der Waals surface area contributed by atoms with Crippen molar-refractivity contribution in [3.05, 3.63) is 58.1 Å². The molecule has 0 heterocycles. The molecule has 35 heavy (non-hydrogen) atoms. The molecule has 0 unspecified atom stereocenters. The molecule has 2 rings (SSSR count). The van der Waals surface area contributed by atoms with E-state index in [9.17, 15) is 18.0 Å². The van der Waals surface area contributed by atoms with Crippen LogP contribution in [0.2, 0.25) is 0 Å². The number of hydrogen-bond donors (Lipinski definition) is 1. The van der Waals surface area contributed by atoms with E-state index >= 15 is 0 Å². The summed E-state index contributed by atoms with van der Waals surface area (Å²) in [5, 5.41) is 2.86. The maximum Gasteiger partial charge on any atom is 0.244 e. The van der Waals surface area contributed by atoms with E-state index in [2.05, 4.69) is 21.2 Å². The van der Waals surface area contributed by atoms with Crippen molar-refractivity contribution in [2.75, 3.05) is 30.8 Å². The molecule has 1 N–H and O–H groups in total. The molecule has 0 fully saturated rings. The molecule has 0 radical (unpaired) electrons. The van der Waals surface area contributed by atoms with Gasteiger partial charge >= 0.3 is 0 Å². The Hall–Kier alpha value is -2.59. The van der Waals surface area contributed by atoms with Crippen LogP contribution in [0.25, 0.3) is 0 Å². The molecule has 0 aliphatic carbocycles. The summed E-state index contributed by atoms with van der Waals surface area (Å²) in [7, 11) is -2.40. The summed E-state index contributed by atoms with van der Waals surface area (Å²) < 4.78 is 32.8. The van der Waals surface area contributed by atoms with Gasteiger partial charge in [0.2, 0.25) is 21.8 Å². The lowest BCUT2D eigenvalue weighted by Gasteiger charge is -2.32. The summed E-state index contributed by atoms with van der Waals surface area (Å²) in [6.07, 6.45) is 1.04. The first-order valence-corrected chi connectivity index (χ1v) is 13.9. The summed E-state index contributed by atoms with van der Waals surface area (Å²) >= 11 is 3.43. The molecule has 0 aromatic heterocycles. The molecule has 0 aliphatic heterocycles. The SMILES string of the molecule is COc1ccc(C)cc1N(CC(=O)N(Cc1cccc(Br)c1)[C@H](C)C(=O)NCC(C)C)S(C)(=O)=O. The lowest BCUT2D eigenvalue weighted by atomic mass is 10.1. The second kappa shape index (κ2) is 12.4. The van der Waals surface area contributed by atoms with Crippen molar-refractivity contribution in [1.82, 2.24) is 10.2 Å². The Morgan fingerprint density at radius 2 is 1.80 bits per heavy atom. The number of hydrogen-bond acceptors (Lipinski definition) is 5. The van der Waals surface area contributed by atoms with Crippen LogP contribution in [0.5, 0.6) is 5.75 Å². The van der Waals surface area contributed by atoms with Crippen molar-refractivity contribution in [3.8, 4) is 5.75 Å². The number of sulfonamides is 1. The molecular formula is C25H34BrN3O5S. The van der Waals surface area contributed by atoms with Crippen LogP contribution in [-0.4, -0.2) is 57.6 Å². The van der Waals surface area contributed by atoms with Gasteiger partial charge in [0.15, 0.2) is 0 Å². The van der Waals surface area contributed by atoms with E-state index in [1.807, 2.05) is 45.0 Å². The Bertz CT molecular complexity index is 1150. The first-order valence-electron chi connectivity index (χ1n) is 11.3. The maximum absolute atomic E-state index is 13.6. The van der Waals surface area contributed by atoms with Crippen molar-refractivity contribution in [1.29, 1.82) is 0 Å². The highest BCUT2D eigenvalue weighted by atomic mass is 79.9. The average molecular weight is 569 g/mol. The molecule has 10 heteroatoms. The molecule has 0 aliphatic rings. The van der Waals surface area contributed by atoms with Gasteiger partial charge in [0.05, 0.1) is 19.1 Å². The molecule has 0 saturated carbocycles. The summed E-state index contributed by atoms with van der Waals surface area (Å²) in [4.78, 5) is 27.9. The van der Waals surface area contributed by atoms with Gasteiger partial charge in [0.25, 0.3) is 0 Å². The number of carbonyl (C=O) groups is 2. The molecule has 0 spiro atoms. The number of anilines is 1. The van der Waals surface area contributed by atoms with Crippen LogP contribution in [0.3, 0.4) is 0 Å². The minimum Gasteiger partial charge on any atom is -0.495 e. The van der Waals surface area contributed by atoms with Crippen LogP contribution >= 0.6 is 15.9 Å². The maximum atomic E-state index is 13.6. The van der Waals surface area contributed by atoms with Crippen molar-refractivity contribution in [3.63, 3.8) is 0 Å². The topological polar surface area (TPSA) is 96.0 Å². The van der Waals surface area contributed by atoms with Crippen LogP contribution in [0, 0.1) is 12.8 Å².